The van der Waals surface area contributed by atoms with Crippen LogP contribution in [0.25, 0.3) is 0 Å². The van der Waals surface area contributed by atoms with Crippen LogP contribution < -0.4 is 4.72 Å². The third kappa shape index (κ3) is 3.97. The summed E-state index contributed by atoms with van der Waals surface area (Å²) in [5.74, 6) is -0.512. The van der Waals surface area contributed by atoms with Gasteiger partial charge in [0.1, 0.15) is 22.3 Å². The number of nitrogens with one attached hydrogen (secondary N) is 1. The van der Waals surface area contributed by atoms with Crippen LogP contribution in [0, 0.1) is 17.1 Å². The molecule has 0 amide bonds. The van der Waals surface area contributed by atoms with E-state index in [4.69, 9.17) is 5.26 Å². The Morgan fingerprint density at radius 3 is 2.71 bits per heavy atom. The van der Waals surface area contributed by atoms with E-state index >= 15 is 0 Å². The summed E-state index contributed by atoms with van der Waals surface area (Å²) >= 11 is -1.29. The summed E-state index contributed by atoms with van der Waals surface area (Å²) in [6.45, 7) is 5.47. The van der Waals surface area contributed by atoms with Crippen LogP contribution >= 0.6 is 0 Å². The number of halogens is 1. The molecule has 1 N–H and O–H groups in total. The molecule has 0 saturated carbocycles. The van der Waals surface area contributed by atoms with Crippen molar-refractivity contribution in [3.05, 3.63) is 29.3 Å². The van der Waals surface area contributed by atoms with E-state index in [1.807, 2.05) is 26.8 Å². The summed E-state index contributed by atoms with van der Waals surface area (Å²) in [5.41, 5.74) is 0.242. The molecule has 0 aliphatic heterocycles. The van der Waals surface area contributed by atoms with Gasteiger partial charge in [-0.05, 0) is 32.9 Å². The molecule has 6 heteroatoms. The van der Waals surface area contributed by atoms with E-state index in [1.165, 1.54) is 12.1 Å². The van der Waals surface area contributed by atoms with E-state index in [9.17, 15) is 8.94 Å². The Balaban J connectivity index is 2.73. The molecule has 0 aromatic carbocycles. The number of hydrogen-bond donors (Lipinski definition) is 1. The highest BCUT2D eigenvalue weighted by molar-refractivity contribution is 7.90. The summed E-state index contributed by atoms with van der Waals surface area (Å²) in [4.78, 5) is 3.81. The first-order valence-corrected chi connectivity index (χ1v) is 6.20. The summed E-state index contributed by atoms with van der Waals surface area (Å²) < 4.78 is 27.3. The minimum atomic E-state index is -1.29. The first-order valence-electron chi connectivity index (χ1n) is 5.05. The minimum Gasteiger partial charge on any atom is -0.598 e. The number of hydrogen-bond acceptors (Lipinski definition) is 4. The van der Waals surface area contributed by atoms with Crippen molar-refractivity contribution >= 4 is 11.4 Å². The molecule has 1 heterocycles. The largest absolute Gasteiger partial charge is 0.598 e. The van der Waals surface area contributed by atoms with Crippen LogP contribution in [0.1, 0.15) is 32.2 Å². The fraction of sp³-hybridized carbons (Fsp3) is 0.455. The van der Waals surface area contributed by atoms with Crippen LogP contribution in [-0.2, 0) is 17.9 Å². The topological polar surface area (TPSA) is 71.8 Å². The molecule has 0 bridgehead atoms. The lowest BCUT2D eigenvalue weighted by Gasteiger charge is -2.23. The summed E-state index contributed by atoms with van der Waals surface area (Å²) in [5, 5.41) is 8.64. The summed E-state index contributed by atoms with van der Waals surface area (Å²) in [6.07, 6.45) is 0. The van der Waals surface area contributed by atoms with E-state index in [0.29, 0.717) is 0 Å². The van der Waals surface area contributed by atoms with Crippen molar-refractivity contribution in [3.8, 4) is 6.07 Å². The second-order valence-electron chi connectivity index (χ2n) is 4.44. The lowest BCUT2D eigenvalue weighted by Crippen LogP contribution is -2.39. The molecule has 0 fully saturated rings. The number of nitrogens with zero attached hydrogens (tertiary/aromatic N) is 2. The molecule has 92 valence electrons. The van der Waals surface area contributed by atoms with Gasteiger partial charge in [-0.15, -0.1) is 4.72 Å². The van der Waals surface area contributed by atoms with E-state index < -0.39 is 21.9 Å². The molecule has 1 rings (SSSR count). The Bertz CT molecular complexity index is 439. The van der Waals surface area contributed by atoms with Gasteiger partial charge in [-0.1, -0.05) is 0 Å². The number of aromatic nitrogens is 1. The van der Waals surface area contributed by atoms with Gasteiger partial charge in [-0.25, -0.2) is 9.37 Å². The Labute approximate surface area is 103 Å². The molecule has 1 atom stereocenters. The first kappa shape index (κ1) is 13.9. The molecule has 1 aromatic rings. The minimum absolute atomic E-state index is 0.0330. The molecule has 0 aliphatic carbocycles. The smallest absolute Gasteiger partial charge is 0.146 e. The van der Waals surface area contributed by atoms with Crippen LogP contribution in [0.2, 0.25) is 0 Å². The quantitative estimate of drug-likeness (QED) is 0.833. The molecule has 4 nitrogen and oxygen atoms in total. The van der Waals surface area contributed by atoms with Gasteiger partial charge >= 0.3 is 0 Å². The zero-order valence-electron chi connectivity index (χ0n) is 9.95. The molecule has 0 spiro atoms. The summed E-state index contributed by atoms with van der Waals surface area (Å²) in [7, 11) is 0. The van der Waals surface area contributed by atoms with Crippen LogP contribution in [0.5, 0.6) is 0 Å². The fourth-order valence-electron chi connectivity index (χ4n) is 1.02. The Kier molecular flexibility index (Phi) is 4.46. The maximum absolute atomic E-state index is 13.3. The van der Waals surface area contributed by atoms with E-state index in [1.54, 1.807) is 0 Å². The van der Waals surface area contributed by atoms with Gasteiger partial charge in [-0.3, -0.25) is 0 Å². The molecule has 1 unspecified atom stereocenters. The molecular formula is C11H14FN3OS. The van der Waals surface area contributed by atoms with Gasteiger partial charge < -0.3 is 4.55 Å². The predicted octanol–water partition coefficient (Wildman–Crippen LogP) is 1.64. The fourth-order valence-corrected chi connectivity index (χ4v) is 1.72. The second-order valence-corrected chi connectivity index (χ2v) is 6.49. The SMILES string of the molecule is CC(C)(C)[S+]([O-])NCc1nc(C#N)ccc1F. The van der Waals surface area contributed by atoms with Gasteiger partial charge in [0, 0.05) is 11.4 Å². The lowest BCUT2D eigenvalue weighted by atomic mass is 10.3. The average Bonchev–Trinajstić information content (AvgIpc) is 2.26. The maximum Gasteiger partial charge on any atom is 0.146 e. The standard InChI is InChI=1S/C11H14FN3OS/c1-11(2,3)17(16)14-7-10-9(12)5-4-8(6-13)15-10/h4-5,14H,7H2,1-3H3. The molecule has 17 heavy (non-hydrogen) atoms. The van der Waals surface area contributed by atoms with Crippen LogP contribution in [0.4, 0.5) is 4.39 Å². The zero-order chi connectivity index (χ0) is 13.1. The number of rotatable bonds is 3. The Morgan fingerprint density at radius 2 is 2.18 bits per heavy atom. The van der Waals surface area contributed by atoms with Crippen molar-refractivity contribution in [1.82, 2.24) is 9.71 Å². The van der Waals surface area contributed by atoms with Crippen LogP contribution in [0.3, 0.4) is 0 Å². The highest BCUT2D eigenvalue weighted by atomic mass is 32.2. The number of pyridine rings is 1. The number of nitriles is 1. The molecule has 0 saturated heterocycles. The van der Waals surface area contributed by atoms with Gasteiger partial charge in [-0.2, -0.15) is 5.26 Å². The first-order chi connectivity index (χ1) is 7.84. The third-order valence-corrected chi connectivity index (χ3v) is 3.48. The monoisotopic (exact) mass is 255 g/mol. The van der Waals surface area contributed by atoms with Crippen LogP contribution in [-0.4, -0.2) is 14.3 Å². The lowest BCUT2D eigenvalue weighted by molar-refractivity contribution is 0.538. The van der Waals surface area contributed by atoms with Crippen molar-refractivity contribution < 1.29 is 8.94 Å². The van der Waals surface area contributed by atoms with E-state index in [-0.39, 0.29) is 17.9 Å². The highest BCUT2D eigenvalue weighted by Crippen LogP contribution is 2.14. The normalized spacial score (nSPS) is 13.2. The zero-order valence-corrected chi connectivity index (χ0v) is 10.8. The second kappa shape index (κ2) is 5.45. The Hall–Kier alpha value is -1.16. The molecule has 0 aliphatic rings. The van der Waals surface area contributed by atoms with Gasteiger partial charge in [0.05, 0.1) is 12.2 Å². The highest BCUT2D eigenvalue weighted by Gasteiger charge is 2.26. The summed E-state index contributed by atoms with van der Waals surface area (Å²) in [6, 6.07) is 4.32. The van der Waals surface area contributed by atoms with Gasteiger partial charge in [0.15, 0.2) is 0 Å². The van der Waals surface area contributed by atoms with Crippen molar-refractivity contribution in [1.29, 1.82) is 5.26 Å². The van der Waals surface area contributed by atoms with Gasteiger partial charge in [0.2, 0.25) is 0 Å². The average molecular weight is 255 g/mol. The van der Waals surface area contributed by atoms with Crippen molar-refractivity contribution in [2.24, 2.45) is 0 Å². The molecular weight excluding hydrogens is 241 g/mol. The van der Waals surface area contributed by atoms with Crippen molar-refractivity contribution in [2.45, 2.75) is 32.1 Å². The van der Waals surface area contributed by atoms with E-state index in [2.05, 4.69) is 9.71 Å². The predicted molar refractivity (Wildman–Crippen MR) is 63.6 cm³/mol. The van der Waals surface area contributed by atoms with Crippen LogP contribution in [0.15, 0.2) is 12.1 Å². The Morgan fingerprint density at radius 1 is 1.53 bits per heavy atom. The van der Waals surface area contributed by atoms with Crippen molar-refractivity contribution in [3.63, 3.8) is 0 Å². The van der Waals surface area contributed by atoms with Crippen molar-refractivity contribution in [2.75, 3.05) is 0 Å². The maximum atomic E-state index is 13.3. The molecule has 0 radical (unpaired) electrons. The van der Waals surface area contributed by atoms with Gasteiger partial charge in [0.25, 0.3) is 0 Å². The van der Waals surface area contributed by atoms with E-state index in [0.717, 1.165) is 0 Å². The molecule has 1 aromatic heterocycles. The third-order valence-electron chi connectivity index (χ3n) is 1.96.